The van der Waals surface area contributed by atoms with Crippen molar-refractivity contribution in [3.63, 3.8) is 0 Å². The molecule has 2 heterocycles. The van der Waals surface area contributed by atoms with Crippen molar-refractivity contribution in [3.05, 3.63) is 67.0 Å². The van der Waals surface area contributed by atoms with Gasteiger partial charge in [0.15, 0.2) is 0 Å². The second kappa shape index (κ2) is 9.34. The van der Waals surface area contributed by atoms with Crippen molar-refractivity contribution in [3.8, 4) is 56.9 Å². The van der Waals surface area contributed by atoms with Gasteiger partial charge in [0, 0.05) is 17.2 Å². The van der Waals surface area contributed by atoms with Crippen LogP contribution in [0, 0.1) is 0 Å². The Morgan fingerprint density at radius 3 is 1.91 bits per heavy atom. The molecule has 0 N–H and O–H groups in total. The van der Waals surface area contributed by atoms with Gasteiger partial charge in [-0.2, -0.15) is 0 Å². The van der Waals surface area contributed by atoms with Gasteiger partial charge in [-0.3, -0.25) is 0 Å². The van der Waals surface area contributed by atoms with Gasteiger partial charge >= 0.3 is 0 Å². The fourth-order valence-electron chi connectivity index (χ4n) is 3.47. The number of hydrogen-bond acceptors (Lipinski definition) is 7. The summed E-state index contributed by atoms with van der Waals surface area (Å²) in [4.78, 5) is 13.2. The van der Waals surface area contributed by atoms with E-state index in [2.05, 4.69) is 9.97 Å². The van der Waals surface area contributed by atoms with Gasteiger partial charge < -0.3 is 18.9 Å². The number of hydrogen-bond donors (Lipinski definition) is 0. The Labute approximate surface area is 186 Å². The number of pyridine rings is 1. The molecular weight excluding hydrogens is 406 g/mol. The largest absolute Gasteiger partial charge is 0.497 e. The summed E-state index contributed by atoms with van der Waals surface area (Å²) in [7, 11) is 6.41. The molecule has 0 fully saturated rings. The Kier molecular flexibility index (Phi) is 6.17. The second-order valence-electron chi connectivity index (χ2n) is 6.82. The summed E-state index contributed by atoms with van der Waals surface area (Å²) in [6, 6.07) is 19.5. The quantitative estimate of drug-likeness (QED) is 0.413. The Balaban J connectivity index is 1.70. The molecule has 2 aromatic carbocycles. The average molecular weight is 429 g/mol. The van der Waals surface area contributed by atoms with Crippen molar-refractivity contribution in [2.24, 2.45) is 0 Å². The molecule has 2 aromatic heterocycles. The topological polar surface area (TPSA) is 75.6 Å². The van der Waals surface area contributed by atoms with Crippen molar-refractivity contribution in [1.29, 1.82) is 0 Å². The average Bonchev–Trinajstić information content (AvgIpc) is 2.87. The molecule has 0 saturated heterocycles. The van der Waals surface area contributed by atoms with Crippen LogP contribution in [-0.2, 0) is 0 Å². The van der Waals surface area contributed by atoms with E-state index in [1.165, 1.54) is 6.33 Å². The van der Waals surface area contributed by atoms with E-state index in [9.17, 15) is 0 Å². The van der Waals surface area contributed by atoms with Gasteiger partial charge in [0.05, 0.1) is 39.8 Å². The van der Waals surface area contributed by atoms with Crippen LogP contribution in [0.15, 0.2) is 67.0 Å². The Morgan fingerprint density at radius 2 is 1.28 bits per heavy atom. The summed E-state index contributed by atoms with van der Waals surface area (Å²) in [6.07, 6.45) is 1.42. The zero-order valence-electron chi connectivity index (χ0n) is 18.3. The minimum Gasteiger partial charge on any atom is -0.497 e. The van der Waals surface area contributed by atoms with Crippen LogP contribution in [-0.4, -0.2) is 43.4 Å². The molecule has 4 aromatic rings. The fraction of sp³-hybridized carbons (Fsp3) is 0.160. The smallest absolute Gasteiger partial charge is 0.228 e. The van der Waals surface area contributed by atoms with Gasteiger partial charge in [-0.15, -0.1) is 0 Å². The van der Waals surface area contributed by atoms with Crippen molar-refractivity contribution >= 4 is 0 Å². The zero-order chi connectivity index (χ0) is 22.5. The van der Waals surface area contributed by atoms with Crippen LogP contribution in [0.5, 0.6) is 23.3 Å². The van der Waals surface area contributed by atoms with E-state index in [1.807, 2.05) is 60.7 Å². The number of methoxy groups -OCH3 is 4. The van der Waals surface area contributed by atoms with Gasteiger partial charge in [0.2, 0.25) is 11.8 Å². The molecule has 7 nitrogen and oxygen atoms in total. The molecule has 4 rings (SSSR count). The maximum absolute atomic E-state index is 5.54. The van der Waals surface area contributed by atoms with Crippen molar-refractivity contribution in [2.45, 2.75) is 0 Å². The van der Waals surface area contributed by atoms with Crippen molar-refractivity contribution < 1.29 is 18.9 Å². The van der Waals surface area contributed by atoms with Gasteiger partial charge in [-0.1, -0.05) is 30.3 Å². The third-order valence-corrected chi connectivity index (χ3v) is 5.07. The number of ether oxygens (including phenoxy) is 4. The summed E-state index contributed by atoms with van der Waals surface area (Å²) in [5.74, 6) is 2.34. The van der Waals surface area contributed by atoms with Crippen LogP contribution >= 0.6 is 0 Å². The second-order valence-corrected chi connectivity index (χ2v) is 6.82. The van der Waals surface area contributed by atoms with Crippen LogP contribution in [0.25, 0.3) is 33.6 Å². The van der Waals surface area contributed by atoms with E-state index < -0.39 is 0 Å². The highest BCUT2D eigenvalue weighted by molar-refractivity contribution is 5.76. The standard InChI is InChI=1S/C25H23N3O4/c1-29-18-12-13-19(22(14-18)30-2)21-7-5-6-20(28-21)16-8-10-17(11-9-16)23-24(31-3)26-15-27-25(23)32-4/h5-15H,1-4H3. The maximum Gasteiger partial charge on any atom is 0.228 e. The highest BCUT2D eigenvalue weighted by Gasteiger charge is 2.16. The minimum atomic E-state index is 0.455. The maximum atomic E-state index is 5.54. The van der Waals surface area contributed by atoms with Gasteiger partial charge in [0.1, 0.15) is 23.4 Å². The molecule has 0 atom stereocenters. The lowest BCUT2D eigenvalue weighted by molar-refractivity contribution is 0.375. The van der Waals surface area contributed by atoms with Crippen LogP contribution in [0.2, 0.25) is 0 Å². The van der Waals surface area contributed by atoms with Crippen molar-refractivity contribution in [2.75, 3.05) is 28.4 Å². The first-order valence-corrected chi connectivity index (χ1v) is 9.91. The van der Waals surface area contributed by atoms with Crippen LogP contribution in [0.1, 0.15) is 0 Å². The highest BCUT2D eigenvalue weighted by atomic mass is 16.5. The lowest BCUT2D eigenvalue weighted by Gasteiger charge is -2.12. The highest BCUT2D eigenvalue weighted by Crippen LogP contribution is 2.36. The van der Waals surface area contributed by atoms with Crippen LogP contribution in [0.3, 0.4) is 0 Å². The van der Waals surface area contributed by atoms with E-state index in [4.69, 9.17) is 23.9 Å². The third kappa shape index (κ3) is 4.05. The Hall–Kier alpha value is -4.13. The predicted octanol–water partition coefficient (Wildman–Crippen LogP) is 4.91. The SMILES string of the molecule is COc1ccc(-c2cccc(-c3ccc(-c4c(OC)ncnc4OC)cc3)n2)c(OC)c1. The summed E-state index contributed by atoms with van der Waals surface area (Å²) in [5.41, 5.74) is 5.10. The summed E-state index contributed by atoms with van der Waals surface area (Å²) >= 11 is 0. The summed E-state index contributed by atoms with van der Waals surface area (Å²) in [5, 5.41) is 0. The molecule has 0 bridgehead atoms. The number of rotatable bonds is 7. The number of nitrogens with zero attached hydrogens (tertiary/aromatic N) is 3. The normalized spacial score (nSPS) is 10.5. The first kappa shape index (κ1) is 21.1. The molecule has 0 amide bonds. The van der Waals surface area contributed by atoms with E-state index >= 15 is 0 Å². The molecule has 32 heavy (non-hydrogen) atoms. The molecule has 0 saturated carbocycles. The van der Waals surface area contributed by atoms with Crippen LogP contribution < -0.4 is 18.9 Å². The Morgan fingerprint density at radius 1 is 0.625 bits per heavy atom. The summed E-state index contributed by atoms with van der Waals surface area (Å²) in [6.45, 7) is 0. The van der Waals surface area contributed by atoms with E-state index in [0.29, 0.717) is 23.1 Å². The predicted molar refractivity (Wildman–Crippen MR) is 122 cm³/mol. The molecule has 7 heteroatoms. The summed E-state index contributed by atoms with van der Waals surface area (Å²) < 4.78 is 21.6. The third-order valence-electron chi connectivity index (χ3n) is 5.07. The van der Waals surface area contributed by atoms with Gasteiger partial charge in [-0.25, -0.2) is 15.0 Å². The molecule has 0 aliphatic carbocycles. The molecular formula is C25H23N3O4. The molecule has 0 radical (unpaired) electrons. The van der Waals surface area contributed by atoms with Crippen LogP contribution in [0.4, 0.5) is 0 Å². The molecule has 0 unspecified atom stereocenters. The lowest BCUT2D eigenvalue weighted by atomic mass is 10.0. The van der Waals surface area contributed by atoms with Crippen molar-refractivity contribution in [1.82, 2.24) is 15.0 Å². The fourth-order valence-corrected chi connectivity index (χ4v) is 3.47. The van der Waals surface area contributed by atoms with E-state index in [1.54, 1.807) is 28.4 Å². The monoisotopic (exact) mass is 429 g/mol. The molecule has 0 aliphatic heterocycles. The number of benzene rings is 2. The van der Waals surface area contributed by atoms with Gasteiger partial charge in [0.25, 0.3) is 0 Å². The minimum absolute atomic E-state index is 0.455. The molecule has 0 spiro atoms. The van der Waals surface area contributed by atoms with E-state index in [0.717, 1.165) is 33.8 Å². The zero-order valence-corrected chi connectivity index (χ0v) is 18.3. The number of aromatic nitrogens is 3. The van der Waals surface area contributed by atoms with E-state index in [-0.39, 0.29) is 0 Å². The lowest BCUT2D eigenvalue weighted by Crippen LogP contribution is -1.98. The molecule has 162 valence electrons. The Bertz CT molecular complexity index is 1200. The van der Waals surface area contributed by atoms with Gasteiger partial charge in [-0.05, 0) is 29.8 Å². The molecule has 0 aliphatic rings. The first-order valence-electron chi connectivity index (χ1n) is 9.91. The first-order chi connectivity index (χ1) is 15.7.